The first kappa shape index (κ1) is 16.5. The molecule has 2 heterocycles. The Kier molecular flexibility index (Phi) is 5.13. The number of thiophene rings is 1. The van der Waals surface area contributed by atoms with Crippen LogP contribution in [0.5, 0.6) is 0 Å². The van der Waals surface area contributed by atoms with Crippen LogP contribution in [0.15, 0.2) is 64.6 Å². The van der Waals surface area contributed by atoms with E-state index in [1.807, 2.05) is 47.8 Å². The summed E-state index contributed by atoms with van der Waals surface area (Å²) < 4.78 is 5.26. The number of carbonyl (C=O) groups is 1. The summed E-state index contributed by atoms with van der Waals surface area (Å²) in [5.41, 5.74) is 1.55. The first-order valence-corrected chi connectivity index (χ1v) is 8.62. The quantitative estimate of drug-likeness (QED) is 0.736. The van der Waals surface area contributed by atoms with Crippen LogP contribution in [0.4, 0.5) is 0 Å². The van der Waals surface area contributed by atoms with Crippen LogP contribution < -0.4 is 0 Å². The summed E-state index contributed by atoms with van der Waals surface area (Å²) in [6.07, 6.45) is 0.809. The summed E-state index contributed by atoms with van der Waals surface area (Å²) in [7, 11) is 0. The zero-order valence-corrected chi connectivity index (χ0v) is 14.2. The second kappa shape index (κ2) is 7.47. The largest absolute Gasteiger partial charge is 0.469 e. The van der Waals surface area contributed by atoms with Gasteiger partial charge in [-0.1, -0.05) is 36.4 Å². The summed E-state index contributed by atoms with van der Waals surface area (Å²) in [5.74, 6) is 0.449. The summed E-state index contributed by atoms with van der Waals surface area (Å²) in [5, 5.41) is 12.4. The van der Waals surface area contributed by atoms with Crippen molar-refractivity contribution in [3.63, 3.8) is 0 Å². The molecule has 5 heteroatoms. The predicted molar refractivity (Wildman–Crippen MR) is 93.9 cm³/mol. The normalized spacial score (nSPS) is 12.1. The molecule has 1 N–H and O–H groups in total. The number of nitrogens with zero attached hydrogens (tertiary/aromatic N) is 1. The van der Waals surface area contributed by atoms with Gasteiger partial charge in [-0.25, -0.2) is 0 Å². The first-order valence-electron chi connectivity index (χ1n) is 7.74. The lowest BCUT2D eigenvalue weighted by Gasteiger charge is -2.25. The van der Waals surface area contributed by atoms with Gasteiger partial charge >= 0.3 is 0 Å². The molecule has 0 aliphatic rings. The number of benzene rings is 1. The third-order valence-corrected chi connectivity index (χ3v) is 4.83. The van der Waals surface area contributed by atoms with E-state index < -0.39 is 6.10 Å². The van der Waals surface area contributed by atoms with E-state index in [0.717, 1.165) is 10.4 Å². The monoisotopic (exact) mass is 341 g/mol. The maximum absolute atomic E-state index is 12.9. The maximum Gasteiger partial charge on any atom is 0.257 e. The lowest BCUT2D eigenvalue weighted by Crippen LogP contribution is -2.34. The van der Waals surface area contributed by atoms with Gasteiger partial charge in [-0.3, -0.25) is 4.79 Å². The first-order chi connectivity index (χ1) is 11.6. The second-order valence-corrected chi connectivity index (χ2v) is 6.57. The minimum Gasteiger partial charge on any atom is -0.469 e. The SMILES string of the molecule is Cc1occc1C(=O)N(Cc1ccccc1)CC(O)c1cccs1. The summed E-state index contributed by atoms with van der Waals surface area (Å²) in [4.78, 5) is 15.4. The highest BCUT2D eigenvalue weighted by Crippen LogP contribution is 2.22. The smallest absolute Gasteiger partial charge is 0.257 e. The number of aryl methyl sites for hydroxylation is 1. The second-order valence-electron chi connectivity index (χ2n) is 5.59. The standard InChI is InChI=1S/C19H19NO3S/c1-14-16(9-10-23-14)19(22)20(12-15-6-3-2-4-7-15)13-17(21)18-8-5-11-24-18/h2-11,17,21H,12-13H2,1H3. The van der Waals surface area contributed by atoms with Gasteiger partial charge in [-0.05, 0) is 30.0 Å². The molecule has 0 radical (unpaired) electrons. The maximum atomic E-state index is 12.9. The molecule has 124 valence electrons. The van der Waals surface area contributed by atoms with E-state index in [1.54, 1.807) is 17.9 Å². The number of aliphatic hydroxyl groups is 1. The van der Waals surface area contributed by atoms with Crippen LogP contribution in [0.3, 0.4) is 0 Å². The zero-order valence-electron chi connectivity index (χ0n) is 13.4. The van der Waals surface area contributed by atoms with Gasteiger partial charge in [0.1, 0.15) is 11.9 Å². The molecular weight excluding hydrogens is 322 g/mol. The number of hydrogen-bond donors (Lipinski definition) is 1. The van der Waals surface area contributed by atoms with Gasteiger partial charge in [0, 0.05) is 11.4 Å². The van der Waals surface area contributed by atoms with Crippen molar-refractivity contribution in [2.75, 3.05) is 6.54 Å². The molecule has 3 aromatic rings. The molecule has 1 aromatic carbocycles. The molecule has 0 bridgehead atoms. The molecule has 1 unspecified atom stereocenters. The Balaban J connectivity index is 1.83. The summed E-state index contributed by atoms with van der Waals surface area (Å²) in [6, 6.07) is 15.2. The highest BCUT2D eigenvalue weighted by atomic mass is 32.1. The molecule has 24 heavy (non-hydrogen) atoms. The van der Waals surface area contributed by atoms with Crippen molar-refractivity contribution in [1.29, 1.82) is 0 Å². The highest BCUT2D eigenvalue weighted by molar-refractivity contribution is 7.10. The van der Waals surface area contributed by atoms with Crippen molar-refractivity contribution in [2.45, 2.75) is 19.6 Å². The van der Waals surface area contributed by atoms with Crippen molar-refractivity contribution < 1.29 is 14.3 Å². The van der Waals surface area contributed by atoms with Crippen molar-refractivity contribution in [2.24, 2.45) is 0 Å². The van der Waals surface area contributed by atoms with E-state index in [-0.39, 0.29) is 12.5 Å². The van der Waals surface area contributed by atoms with Gasteiger partial charge in [0.25, 0.3) is 5.91 Å². The number of carbonyl (C=O) groups excluding carboxylic acids is 1. The molecule has 0 aliphatic heterocycles. The van der Waals surface area contributed by atoms with E-state index in [4.69, 9.17) is 4.42 Å². The topological polar surface area (TPSA) is 53.7 Å². The Morgan fingerprint density at radius 1 is 1.21 bits per heavy atom. The fourth-order valence-corrected chi connectivity index (χ4v) is 3.28. The molecule has 3 rings (SSSR count). The third-order valence-electron chi connectivity index (χ3n) is 3.86. The molecule has 0 aliphatic carbocycles. The van der Waals surface area contributed by atoms with Gasteiger partial charge < -0.3 is 14.4 Å². The van der Waals surface area contributed by atoms with Crippen LogP contribution in [-0.4, -0.2) is 22.5 Å². The molecule has 0 saturated carbocycles. The number of aliphatic hydroxyl groups excluding tert-OH is 1. The number of furan rings is 1. The average molecular weight is 341 g/mol. The zero-order chi connectivity index (χ0) is 16.9. The van der Waals surface area contributed by atoms with Gasteiger partial charge in [-0.2, -0.15) is 0 Å². The van der Waals surface area contributed by atoms with E-state index in [2.05, 4.69) is 0 Å². The number of rotatable bonds is 6. The lowest BCUT2D eigenvalue weighted by atomic mass is 10.1. The van der Waals surface area contributed by atoms with E-state index in [1.165, 1.54) is 17.6 Å². The Hall–Kier alpha value is -2.37. The van der Waals surface area contributed by atoms with Crippen LogP contribution in [-0.2, 0) is 6.54 Å². The van der Waals surface area contributed by atoms with Crippen LogP contribution in [0.25, 0.3) is 0 Å². The Morgan fingerprint density at radius 3 is 2.62 bits per heavy atom. The van der Waals surface area contributed by atoms with E-state index in [9.17, 15) is 9.90 Å². The molecule has 4 nitrogen and oxygen atoms in total. The Bertz CT molecular complexity index is 780. The highest BCUT2D eigenvalue weighted by Gasteiger charge is 2.23. The average Bonchev–Trinajstić information content (AvgIpc) is 3.26. The third kappa shape index (κ3) is 3.75. The lowest BCUT2D eigenvalue weighted by molar-refractivity contribution is 0.0607. The molecule has 0 spiro atoms. The van der Waals surface area contributed by atoms with Gasteiger partial charge in [0.05, 0.1) is 18.4 Å². The molecule has 2 aromatic heterocycles. The van der Waals surface area contributed by atoms with Crippen molar-refractivity contribution in [1.82, 2.24) is 4.90 Å². The Labute approximate surface area is 145 Å². The summed E-state index contributed by atoms with van der Waals surface area (Å²) >= 11 is 1.49. The molecule has 0 fully saturated rings. The van der Waals surface area contributed by atoms with E-state index >= 15 is 0 Å². The predicted octanol–water partition coefficient (Wildman–Crippen LogP) is 4.03. The number of hydrogen-bond acceptors (Lipinski definition) is 4. The van der Waals surface area contributed by atoms with E-state index in [0.29, 0.717) is 17.9 Å². The van der Waals surface area contributed by atoms with Gasteiger partial charge in [0.15, 0.2) is 0 Å². The van der Waals surface area contributed by atoms with Crippen molar-refractivity contribution in [3.05, 3.63) is 81.9 Å². The Morgan fingerprint density at radius 2 is 2.00 bits per heavy atom. The molecular formula is C19H19NO3S. The fraction of sp³-hybridized carbons (Fsp3) is 0.211. The van der Waals surface area contributed by atoms with Crippen LogP contribution in [0.1, 0.15) is 32.7 Å². The van der Waals surface area contributed by atoms with Gasteiger partial charge in [0.2, 0.25) is 0 Å². The van der Waals surface area contributed by atoms with Crippen molar-refractivity contribution >= 4 is 17.2 Å². The minimum absolute atomic E-state index is 0.138. The minimum atomic E-state index is -0.704. The van der Waals surface area contributed by atoms with Crippen molar-refractivity contribution in [3.8, 4) is 0 Å². The molecule has 1 amide bonds. The molecule has 1 atom stereocenters. The fourth-order valence-electron chi connectivity index (χ4n) is 2.58. The van der Waals surface area contributed by atoms with Crippen LogP contribution in [0, 0.1) is 6.92 Å². The van der Waals surface area contributed by atoms with Gasteiger partial charge in [-0.15, -0.1) is 11.3 Å². The van der Waals surface area contributed by atoms with Crippen LogP contribution in [0.2, 0.25) is 0 Å². The summed E-state index contributed by atoms with van der Waals surface area (Å²) in [6.45, 7) is 2.44. The molecule has 0 saturated heterocycles. The van der Waals surface area contributed by atoms with Crippen LogP contribution >= 0.6 is 11.3 Å². The number of amides is 1.